The molecule has 1 aliphatic rings. The topological polar surface area (TPSA) is 35.2 Å². The van der Waals surface area contributed by atoms with Crippen LogP contribution in [0.15, 0.2) is 79.8 Å². The number of anilines is 1. The Balaban J connectivity index is 1.54. The number of benzene rings is 3. The van der Waals surface area contributed by atoms with Crippen LogP contribution in [0.4, 0.5) is 5.69 Å². The molecule has 3 aromatic carbocycles. The lowest BCUT2D eigenvalue weighted by molar-refractivity contribution is 0.267. The molecule has 0 fully saturated rings. The SMILES string of the molecule is C=C(c1cccc2ccccc12)N1CCN(Cc2cnc[nH]2)Cc2cccc(C)c21. The van der Waals surface area contributed by atoms with Gasteiger partial charge < -0.3 is 9.88 Å². The molecule has 2 heterocycles. The van der Waals surface area contributed by atoms with Crippen molar-refractivity contribution >= 4 is 22.2 Å². The molecule has 0 unspecified atom stereocenters. The van der Waals surface area contributed by atoms with Crippen molar-refractivity contribution in [2.45, 2.75) is 20.0 Å². The Labute approximate surface area is 177 Å². The lowest BCUT2D eigenvalue weighted by atomic mass is 10.00. The molecule has 5 rings (SSSR count). The standard InChI is InChI=1S/C26H26N4/c1-19-7-5-10-22-16-29(17-23-15-27-18-28-23)13-14-30(26(19)22)20(2)24-12-6-9-21-8-3-4-11-25(21)24/h3-12,15,18H,2,13-14,16-17H2,1H3,(H,27,28). The molecule has 0 spiro atoms. The number of rotatable bonds is 4. The minimum atomic E-state index is 0.863. The Bertz CT molecular complexity index is 1190. The van der Waals surface area contributed by atoms with Crippen LogP contribution in [-0.2, 0) is 13.1 Å². The summed E-state index contributed by atoms with van der Waals surface area (Å²) in [5.41, 5.74) is 7.33. The molecule has 0 radical (unpaired) electrons. The first kappa shape index (κ1) is 18.6. The lowest BCUT2D eigenvalue weighted by Gasteiger charge is -2.29. The third kappa shape index (κ3) is 3.40. The number of aromatic amines is 1. The molecule has 0 bridgehead atoms. The lowest BCUT2D eigenvalue weighted by Crippen LogP contribution is -2.30. The summed E-state index contributed by atoms with van der Waals surface area (Å²) in [6.07, 6.45) is 3.66. The predicted molar refractivity (Wildman–Crippen MR) is 124 cm³/mol. The maximum absolute atomic E-state index is 4.57. The molecular formula is C26H26N4. The van der Waals surface area contributed by atoms with Gasteiger partial charge in [0.2, 0.25) is 0 Å². The Morgan fingerprint density at radius 3 is 2.73 bits per heavy atom. The van der Waals surface area contributed by atoms with E-state index in [1.54, 1.807) is 6.33 Å². The minimum absolute atomic E-state index is 0.863. The van der Waals surface area contributed by atoms with Crippen LogP contribution in [0, 0.1) is 6.92 Å². The van der Waals surface area contributed by atoms with Crippen molar-refractivity contribution in [1.82, 2.24) is 14.9 Å². The highest BCUT2D eigenvalue weighted by Gasteiger charge is 2.24. The number of H-pyrrole nitrogens is 1. The minimum Gasteiger partial charge on any atom is -0.347 e. The Morgan fingerprint density at radius 1 is 1.03 bits per heavy atom. The van der Waals surface area contributed by atoms with E-state index in [1.165, 1.54) is 33.2 Å². The number of fused-ring (bicyclic) bond motifs is 2. The number of hydrogen-bond donors (Lipinski definition) is 1. The van der Waals surface area contributed by atoms with Crippen LogP contribution in [0.3, 0.4) is 0 Å². The van der Waals surface area contributed by atoms with Gasteiger partial charge in [0, 0.05) is 55.0 Å². The number of hydrogen-bond acceptors (Lipinski definition) is 3. The smallest absolute Gasteiger partial charge is 0.0922 e. The summed E-state index contributed by atoms with van der Waals surface area (Å²) in [6.45, 7) is 10.4. The monoisotopic (exact) mass is 394 g/mol. The Hall–Kier alpha value is -3.37. The molecule has 30 heavy (non-hydrogen) atoms. The van der Waals surface area contributed by atoms with Gasteiger partial charge in [-0.1, -0.05) is 67.2 Å². The van der Waals surface area contributed by atoms with E-state index in [0.717, 1.165) is 37.6 Å². The van der Waals surface area contributed by atoms with Gasteiger partial charge in [-0.3, -0.25) is 4.90 Å². The van der Waals surface area contributed by atoms with Gasteiger partial charge in [-0.15, -0.1) is 0 Å². The second kappa shape index (κ2) is 7.81. The fourth-order valence-corrected chi connectivity index (χ4v) is 4.55. The number of aromatic nitrogens is 2. The van der Waals surface area contributed by atoms with E-state index in [4.69, 9.17) is 0 Å². The maximum Gasteiger partial charge on any atom is 0.0922 e. The van der Waals surface area contributed by atoms with E-state index in [1.807, 2.05) is 6.20 Å². The largest absolute Gasteiger partial charge is 0.347 e. The summed E-state index contributed by atoms with van der Waals surface area (Å²) >= 11 is 0. The van der Waals surface area contributed by atoms with Crippen molar-refractivity contribution in [3.8, 4) is 0 Å². The third-order valence-corrected chi connectivity index (χ3v) is 6.00. The first-order valence-corrected chi connectivity index (χ1v) is 10.4. The van der Waals surface area contributed by atoms with Crippen LogP contribution in [0.5, 0.6) is 0 Å². The molecule has 4 heteroatoms. The molecule has 1 N–H and O–H groups in total. The number of aryl methyl sites for hydroxylation is 1. The molecule has 1 aliphatic heterocycles. The molecule has 150 valence electrons. The van der Waals surface area contributed by atoms with Crippen LogP contribution in [0.25, 0.3) is 16.5 Å². The summed E-state index contributed by atoms with van der Waals surface area (Å²) in [5, 5.41) is 2.50. The molecule has 0 saturated heterocycles. The van der Waals surface area contributed by atoms with Crippen LogP contribution >= 0.6 is 0 Å². The zero-order valence-electron chi connectivity index (χ0n) is 17.3. The van der Waals surface area contributed by atoms with Crippen molar-refractivity contribution in [3.05, 3.63) is 102 Å². The van der Waals surface area contributed by atoms with E-state index >= 15 is 0 Å². The summed E-state index contributed by atoms with van der Waals surface area (Å²) < 4.78 is 0. The summed E-state index contributed by atoms with van der Waals surface area (Å²) in [5.74, 6) is 0. The fraction of sp³-hybridized carbons (Fsp3) is 0.192. The maximum atomic E-state index is 4.57. The van der Waals surface area contributed by atoms with Gasteiger partial charge in [0.25, 0.3) is 0 Å². The number of imidazole rings is 1. The zero-order chi connectivity index (χ0) is 20.5. The highest BCUT2D eigenvalue weighted by molar-refractivity contribution is 5.96. The van der Waals surface area contributed by atoms with Crippen LogP contribution in [-0.4, -0.2) is 28.0 Å². The molecule has 0 atom stereocenters. The van der Waals surface area contributed by atoms with Crippen molar-refractivity contribution in [3.63, 3.8) is 0 Å². The van der Waals surface area contributed by atoms with Gasteiger partial charge >= 0.3 is 0 Å². The Kier molecular flexibility index (Phi) is 4.85. The van der Waals surface area contributed by atoms with Crippen LogP contribution in [0.2, 0.25) is 0 Å². The van der Waals surface area contributed by atoms with E-state index in [-0.39, 0.29) is 0 Å². The number of nitrogens with one attached hydrogen (secondary N) is 1. The Morgan fingerprint density at radius 2 is 1.87 bits per heavy atom. The normalized spacial score (nSPS) is 14.5. The van der Waals surface area contributed by atoms with Crippen molar-refractivity contribution in [2.75, 3.05) is 18.0 Å². The van der Waals surface area contributed by atoms with Crippen molar-refractivity contribution < 1.29 is 0 Å². The second-order valence-electron chi connectivity index (χ2n) is 8.00. The molecule has 4 nitrogen and oxygen atoms in total. The van der Waals surface area contributed by atoms with Gasteiger partial charge in [-0.2, -0.15) is 0 Å². The van der Waals surface area contributed by atoms with Crippen LogP contribution in [0.1, 0.15) is 22.4 Å². The van der Waals surface area contributed by atoms with E-state index in [2.05, 4.69) is 93.9 Å². The van der Waals surface area contributed by atoms with Gasteiger partial charge in [0.1, 0.15) is 0 Å². The molecule has 0 aliphatic carbocycles. The number of para-hydroxylation sites is 1. The summed E-state index contributed by atoms with van der Waals surface area (Å²) in [6, 6.07) is 21.6. The van der Waals surface area contributed by atoms with E-state index in [9.17, 15) is 0 Å². The second-order valence-corrected chi connectivity index (χ2v) is 8.00. The highest BCUT2D eigenvalue weighted by Crippen LogP contribution is 2.36. The van der Waals surface area contributed by atoms with Gasteiger partial charge in [-0.25, -0.2) is 4.98 Å². The molecular weight excluding hydrogens is 368 g/mol. The average molecular weight is 395 g/mol. The van der Waals surface area contributed by atoms with E-state index in [0.29, 0.717) is 0 Å². The predicted octanol–water partition coefficient (Wildman–Crippen LogP) is 5.36. The third-order valence-electron chi connectivity index (χ3n) is 6.00. The number of nitrogens with zero attached hydrogens (tertiary/aromatic N) is 3. The average Bonchev–Trinajstić information content (AvgIpc) is 3.20. The zero-order valence-corrected chi connectivity index (χ0v) is 17.3. The molecule has 0 saturated carbocycles. The van der Waals surface area contributed by atoms with E-state index < -0.39 is 0 Å². The molecule has 4 aromatic rings. The first-order valence-electron chi connectivity index (χ1n) is 10.4. The molecule has 0 amide bonds. The van der Waals surface area contributed by atoms with Crippen LogP contribution < -0.4 is 4.90 Å². The summed E-state index contributed by atoms with van der Waals surface area (Å²) in [7, 11) is 0. The summed E-state index contributed by atoms with van der Waals surface area (Å²) in [4.78, 5) is 12.3. The highest BCUT2D eigenvalue weighted by atomic mass is 15.2. The fourth-order valence-electron chi connectivity index (χ4n) is 4.55. The van der Waals surface area contributed by atoms with Gasteiger partial charge in [-0.05, 0) is 28.8 Å². The first-order chi connectivity index (χ1) is 14.7. The molecule has 1 aromatic heterocycles. The van der Waals surface area contributed by atoms with Gasteiger partial charge in [0.15, 0.2) is 0 Å². The van der Waals surface area contributed by atoms with Crippen molar-refractivity contribution in [1.29, 1.82) is 0 Å². The van der Waals surface area contributed by atoms with Gasteiger partial charge in [0.05, 0.1) is 6.33 Å². The quantitative estimate of drug-likeness (QED) is 0.506. The van der Waals surface area contributed by atoms with Crippen molar-refractivity contribution in [2.24, 2.45) is 0 Å².